The quantitative estimate of drug-likeness (QED) is 0.0854. The lowest BCUT2D eigenvalue weighted by Gasteiger charge is -2.09. The summed E-state index contributed by atoms with van der Waals surface area (Å²) in [6.07, 6.45) is 7.15. The summed E-state index contributed by atoms with van der Waals surface area (Å²) in [5, 5.41) is 2.70. The molecule has 1 atom stereocenters. The Bertz CT molecular complexity index is 582. The number of unbranched alkanes of at least 4 members (excludes halogenated alkanes) is 4. The Morgan fingerprint density at radius 1 is 0.778 bits per heavy atom. The van der Waals surface area contributed by atoms with E-state index >= 15 is 0 Å². The van der Waals surface area contributed by atoms with Crippen LogP contribution in [0, 0.1) is 0 Å². The van der Waals surface area contributed by atoms with E-state index in [1.165, 1.54) is 0 Å². The number of carbonyl (C=O) groups excluding carboxylic acids is 2. The largest absolute Gasteiger partial charge is 0.464 e. The van der Waals surface area contributed by atoms with Gasteiger partial charge in [0.1, 0.15) is 6.61 Å². The minimum Gasteiger partial charge on any atom is -0.464 e. The maximum atomic E-state index is 11.8. The molecular formula is C23H46NO9PS2. The summed E-state index contributed by atoms with van der Waals surface area (Å²) in [5.74, 6) is 0.585. The number of ether oxygens (including phenoxy) is 5. The highest BCUT2D eigenvalue weighted by Crippen LogP contribution is 2.37. The Hall–Kier alpha value is -0.300. The maximum Gasteiger partial charge on any atom is 0.305 e. The van der Waals surface area contributed by atoms with E-state index in [4.69, 9.17) is 40.0 Å². The van der Waals surface area contributed by atoms with Gasteiger partial charge >= 0.3 is 5.97 Å². The molecule has 0 aliphatic carbocycles. The van der Waals surface area contributed by atoms with Crippen molar-refractivity contribution in [2.24, 2.45) is 0 Å². The lowest BCUT2D eigenvalue weighted by molar-refractivity contribution is -0.144. The predicted octanol–water partition coefficient (Wildman–Crippen LogP) is 2.75. The fraction of sp³-hybridized carbons (Fsp3) is 0.913. The molecule has 0 heterocycles. The molecule has 0 saturated heterocycles. The summed E-state index contributed by atoms with van der Waals surface area (Å²) < 4.78 is 31.8. The van der Waals surface area contributed by atoms with Gasteiger partial charge in [0.05, 0.1) is 66.0 Å². The highest BCUT2D eigenvalue weighted by atomic mass is 32.5. The van der Waals surface area contributed by atoms with Crippen LogP contribution in [0.5, 0.6) is 0 Å². The van der Waals surface area contributed by atoms with Crippen LogP contribution >= 0.6 is 18.3 Å². The second-order valence-corrected chi connectivity index (χ2v) is 12.8. The minimum absolute atomic E-state index is 0.149. The van der Waals surface area contributed by atoms with Crippen molar-refractivity contribution in [3.8, 4) is 0 Å². The van der Waals surface area contributed by atoms with Gasteiger partial charge in [-0.15, -0.1) is 0 Å². The molecule has 0 radical (unpaired) electrons. The Morgan fingerprint density at radius 2 is 1.33 bits per heavy atom. The highest BCUT2D eigenvalue weighted by molar-refractivity contribution is 8.09. The topological polar surface area (TPSA) is 122 Å². The standard InChI is InChI=1S/C23H46NO9PS2/c1-34(27,35)33-11-7-5-3-4-6-8-23(26)32-13-10-24-22(25)9-12-28-14-15-29-16-17-30-18-19-31-20-21-36-2/h3-21H2,1-2H3,(H,24,25)(H,27,35). The van der Waals surface area contributed by atoms with Crippen molar-refractivity contribution in [3.05, 3.63) is 0 Å². The first-order chi connectivity index (χ1) is 17.3. The minimum atomic E-state index is -2.55. The smallest absolute Gasteiger partial charge is 0.305 e. The van der Waals surface area contributed by atoms with E-state index < -0.39 is 6.49 Å². The van der Waals surface area contributed by atoms with Gasteiger partial charge < -0.3 is 38.4 Å². The normalized spacial score (nSPS) is 12.9. The van der Waals surface area contributed by atoms with E-state index in [1.54, 1.807) is 18.4 Å². The van der Waals surface area contributed by atoms with Crippen LogP contribution in [-0.4, -0.2) is 108 Å². The molecule has 0 spiro atoms. The van der Waals surface area contributed by atoms with Crippen LogP contribution in [0.3, 0.4) is 0 Å². The number of carbonyl (C=O) groups is 2. The molecule has 0 aromatic rings. The molecule has 0 aliphatic rings. The lowest BCUT2D eigenvalue weighted by Crippen LogP contribution is -2.28. The van der Waals surface area contributed by atoms with Crippen molar-refractivity contribution in [1.82, 2.24) is 5.32 Å². The zero-order valence-corrected chi connectivity index (χ0v) is 24.4. The zero-order valence-electron chi connectivity index (χ0n) is 21.9. The van der Waals surface area contributed by atoms with Gasteiger partial charge in [0.25, 0.3) is 0 Å². The second-order valence-electron chi connectivity index (χ2n) is 7.92. The predicted molar refractivity (Wildman–Crippen MR) is 146 cm³/mol. The summed E-state index contributed by atoms with van der Waals surface area (Å²) in [5.41, 5.74) is 0. The molecule has 0 aromatic heterocycles. The summed E-state index contributed by atoms with van der Waals surface area (Å²) in [6.45, 7) is 3.97. The van der Waals surface area contributed by atoms with Crippen molar-refractivity contribution in [1.29, 1.82) is 0 Å². The molecule has 0 bridgehead atoms. The molecule has 0 fully saturated rings. The first kappa shape index (κ1) is 35.7. The van der Waals surface area contributed by atoms with Crippen LogP contribution in [0.25, 0.3) is 0 Å². The van der Waals surface area contributed by atoms with E-state index in [0.717, 1.165) is 44.5 Å². The lowest BCUT2D eigenvalue weighted by atomic mass is 10.1. The number of hydrogen-bond donors (Lipinski definition) is 2. The van der Waals surface area contributed by atoms with Gasteiger partial charge in [0, 0.05) is 25.3 Å². The van der Waals surface area contributed by atoms with Gasteiger partial charge in [-0.25, -0.2) is 0 Å². The van der Waals surface area contributed by atoms with Crippen molar-refractivity contribution < 1.29 is 42.7 Å². The third-order valence-electron chi connectivity index (χ3n) is 4.56. The molecule has 0 rings (SSSR count). The SMILES string of the molecule is CSCCOCCOCCOCCOCCC(=O)NCCOC(=O)CCCCCCCOP(C)(O)=S. The number of hydrogen-bond acceptors (Lipinski definition) is 10. The molecule has 0 aromatic carbocycles. The number of esters is 1. The molecule has 1 amide bonds. The average molecular weight is 576 g/mol. The molecule has 0 aliphatic heterocycles. The van der Waals surface area contributed by atoms with Gasteiger partial charge in [-0.05, 0) is 30.9 Å². The molecule has 2 N–H and O–H groups in total. The number of amides is 1. The van der Waals surface area contributed by atoms with Gasteiger partial charge in [0.2, 0.25) is 5.91 Å². The fourth-order valence-electron chi connectivity index (χ4n) is 2.72. The van der Waals surface area contributed by atoms with Crippen LogP contribution in [0.1, 0.15) is 44.9 Å². The Morgan fingerprint density at radius 3 is 1.94 bits per heavy atom. The number of nitrogens with one attached hydrogen (secondary N) is 1. The first-order valence-electron chi connectivity index (χ1n) is 12.5. The van der Waals surface area contributed by atoms with Crippen molar-refractivity contribution in [3.63, 3.8) is 0 Å². The summed E-state index contributed by atoms with van der Waals surface area (Å²) in [7, 11) is 0. The molecule has 13 heteroatoms. The van der Waals surface area contributed by atoms with E-state index in [0.29, 0.717) is 59.3 Å². The van der Waals surface area contributed by atoms with Crippen LogP contribution in [-0.2, 0) is 49.6 Å². The Labute approximate surface area is 226 Å². The second kappa shape index (κ2) is 26.3. The monoisotopic (exact) mass is 575 g/mol. The molecular weight excluding hydrogens is 529 g/mol. The number of rotatable bonds is 27. The van der Waals surface area contributed by atoms with E-state index in [9.17, 15) is 14.5 Å². The van der Waals surface area contributed by atoms with Gasteiger partial charge in [0.15, 0.2) is 6.49 Å². The molecule has 10 nitrogen and oxygen atoms in total. The van der Waals surface area contributed by atoms with Crippen molar-refractivity contribution in [2.75, 3.05) is 91.3 Å². The van der Waals surface area contributed by atoms with E-state index in [2.05, 4.69) is 5.32 Å². The van der Waals surface area contributed by atoms with Gasteiger partial charge in [-0.2, -0.15) is 11.8 Å². The average Bonchev–Trinajstić information content (AvgIpc) is 2.83. The number of thioether (sulfide) groups is 1. The van der Waals surface area contributed by atoms with E-state index in [1.807, 2.05) is 6.26 Å². The molecule has 214 valence electrons. The Balaban J connectivity index is 3.31. The third-order valence-corrected chi connectivity index (χ3v) is 6.12. The van der Waals surface area contributed by atoms with Crippen LogP contribution in [0.15, 0.2) is 0 Å². The van der Waals surface area contributed by atoms with Crippen LogP contribution in [0.4, 0.5) is 0 Å². The van der Waals surface area contributed by atoms with Gasteiger partial charge in [-0.1, -0.05) is 19.3 Å². The molecule has 1 unspecified atom stereocenters. The summed E-state index contributed by atoms with van der Waals surface area (Å²) in [6, 6.07) is 0. The van der Waals surface area contributed by atoms with Crippen molar-refractivity contribution in [2.45, 2.75) is 44.9 Å². The highest BCUT2D eigenvalue weighted by Gasteiger charge is 2.06. The van der Waals surface area contributed by atoms with E-state index in [-0.39, 0.29) is 31.4 Å². The fourth-order valence-corrected chi connectivity index (χ4v) is 3.70. The maximum absolute atomic E-state index is 11.8. The summed E-state index contributed by atoms with van der Waals surface area (Å²) >= 11 is 6.56. The van der Waals surface area contributed by atoms with Crippen LogP contribution in [0.2, 0.25) is 0 Å². The Kier molecular flexibility index (Phi) is 26.1. The summed E-state index contributed by atoms with van der Waals surface area (Å²) in [4.78, 5) is 32.9. The van der Waals surface area contributed by atoms with Crippen LogP contribution < -0.4 is 5.32 Å². The third kappa shape index (κ3) is 29.9. The molecule has 0 saturated carbocycles. The zero-order chi connectivity index (χ0) is 26.7. The van der Waals surface area contributed by atoms with Crippen molar-refractivity contribution >= 4 is 41.9 Å². The first-order valence-corrected chi connectivity index (χ1v) is 17.0. The molecule has 36 heavy (non-hydrogen) atoms. The van der Waals surface area contributed by atoms with Gasteiger partial charge in [-0.3, -0.25) is 9.59 Å².